The number of halogens is 1. The van der Waals surface area contributed by atoms with Crippen molar-refractivity contribution in [2.45, 2.75) is 57.2 Å². The lowest BCUT2D eigenvalue weighted by atomic mass is 9.84. The van der Waals surface area contributed by atoms with E-state index in [0.717, 1.165) is 12.8 Å². The first-order valence-electron chi connectivity index (χ1n) is 7.08. The van der Waals surface area contributed by atoms with Crippen LogP contribution in [0, 0.1) is 5.92 Å². The van der Waals surface area contributed by atoms with E-state index in [2.05, 4.69) is 5.32 Å². The first-order valence-corrected chi connectivity index (χ1v) is 8.79. The van der Waals surface area contributed by atoms with Gasteiger partial charge in [0.25, 0.3) is 0 Å². The maximum atomic E-state index is 11.8. The maximum Gasteiger partial charge on any atom is 0.235 e. The van der Waals surface area contributed by atoms with Crippen LogP contribution < -0.4 is 11.1 Å². The van der Waals surface area contributed by atoms with Gasteiger partial charge in [0.1, 0.15) is 5.75 Å². The van der Waals surface area contributed by atoms with Crippen molar-refractivity contribution in [2.24, 2.45) is 11.7 Å². The highest BCUT2D eigenvalue weighted by Crippen LogP contribution is 2.26. The largest absolute Gasteiger partial charge is 0.351 e. The number of amides is 1. The van der Waals surface area contributed by atoms with Crippen LogP contribution in [-0.4, -0.2) is 37.9 Å². The molecule has 1 aliphatic carbocycles. The van der Waals surface area contributed by atoms with E-state index in [-0.39, 0.29) is 18.4 Å². The van der Waals surface area contributed by atoms with Gasteiger partial charge in [-0.05, 0) is 32.6 Å². The molecular weight excluding hydrogens is 300 g/mol. The first-order chi connectivity index (χ1) is 8.86. The van der Waals surface area contributed by atoms with Gasteiger partial charge < -0.3 is 11.1 Å². The van der Waals surface area contributed by atoms with Crippen molar-refractivity contribution in [1.29, 1.82) is 0 Å². The van der Waals surface area contributed by atoms with E-state index in [0.29, 0.717) is 12.5 Å². The zero-order valence-electron chi connectivity index (χ0n) is 12.3. The van der Waals surface area contributed by atoms with Crippen molar-refractivity contribution < 1.29 is 13.2 Å². The van der Waals surface area contributed by atoms with E-state index in [9.17, 15) is 13.2 Å². The summed E-state index contributed by atoms with van der Waals surface area (Å²) in [5.74, 6) is -0.465. The van der Waals surface area contributed by atoms with E-state index < -0.39 is 26.7 Å². The van der Waals surface area contributed by atoms with Crippen LogP contribution in [0.25, 0.3) is 0 Å². The highest BCUT2D eigenvalue weighted by atomic mass is 35.5. The molecule has 1 unspecified atom stereocenters. The van der Waals surface area contributed by atoms with Crippen LogP contribution in [0.5, 0.6) is 0 Å². The Morgan fingerprint density at radius 2 is 1.80 bits per heavy atom. The molecule has 0 bridgehead atoms. The monoisotopic (exact) mass is 326 g/mol. The van der Waals surface area contributed by atoms with Gasteiger partial charge in [0.2, 0.25) is 5.91 Å². The fraction of sp³-hybridized carbons (Fsp3) is 0.923. The summed E-state index contributed by atoms with van der Waals surface area (Å²) in [6.07, 6.45) is 5.71. The lowest BCUT2D eigenvalue weighted by molar-refractivity contribution is -0.119. The summed E-state index contributed by atoms with van der Waals surface area (Å²) >= 11 is 0. The Morgan fingerprint density at radius 3 is 2.25 bits per heavy atom. The van der Waals surface area contributed by atoms with Crippen molar-refractivity contribution in [3.05, 3.63) is 0 Å². The van der Waals surface area contributed by atoms with Crippen LogP contribution in [0.2, 0.25) is 0 Å². The topological polar surface area (TPSA) is 89.3 Å². The first kappa shape index (κ1) is 19.7. The molecule has 0 spiro atoms. The molecule has 0 aliphatic heterocycles. The second kappa shape index (κ2) is 8.85. The van der Waals surface area contributed by atoms with Crippen molar-refractivity contribution in [3.63, 3.8) is 0 Å². The second-order valence-corrected chi connectivity index (χ2v) is 8.22. The summed E-state index contributed by atoms with van der Waals surface area (Å²) in [5, 5.41) is 2.28. The Bertz CT molecular complexity index is 392. The van der Waals surface area contributed by atoms with Crippen LogP contribution in [0.3, 0.4) is 0 Å². The van der Waals surface area contributed by atoms with E-state index in [1.807, 2.05) is 0 Å². The fourth-order valence-electron chi connectivity index (χ4n) is 2.50. The van der Waals surface area contributed by atoms with Crippen molar-refractivity contribution in [3.8, 4) is 0 Å². The molecule has 1 fully saturated rings. The SMILES string of the molecule is CC(C)S(=O)(=O)CC(=O)NC(CN)C1CCCCC1.Cl. The van der Waals surface area contributed by atoms with Gasteiger partial charge in [-0.1, -0.05) is 19.3 Å². The Hall–Kier alpha value is -0.330. The minimum absolute atomic E-state index is 0. The number of hydrogen-bond donors (Lipinski definition) is 2. The van der Waals surface area contributed by atoms with Gasteiger partial charge in [-0.25, -0.2) is 8.42 Å². The summed E-state index contributed by atoms with van der Waals surface area (Å²) in [6, 6.07) is -0.0878. The summed E-state index contributed by atoms with van der Waals surface area (Å²) in [5.41, 5.74) is 5.71. The van der Waals surface area contributed by atoms with Crippen LogP contribution in [-0.2, 0) is 14.6 Å². The summed E-state index contributed by atoms with van der Waals surface area (Å²) in [6.45, 7) is 3.55. The zero-order valence-corrected chi connectivity index (χ0v) is 13.9. The summed E-state index contributed by atoms with van der Waals surface area (Å²) in [7, 11) is -3.33. The molecule has 5 nitrogen and oxygen atoms in total. The molecule has 0 aromatic carbocycles. The molecule has 0 radical (unpaired) electrons. The molecule has 7 heteroatoms. The zero-order chi connectivity index (χ0) is 14.5. The smallest absolute Gasteiger partial charge is 0.235 e. The Kier molecular flexibility index (Phi) is 8.70. The summed E-state index contributed by atoms with van der Waals surface area (Å²) < 4.78 is 23.4. The third-order valence-corrected chi connectivity index (χ3v) is 5.97. The van der Waals surface area contributed by atoms with E-state index >= 15 is 0 Å². The van der Waals surface area contributed by atoms with Crippen LogP contribution in [0.15, 0.2) is 0 Å². The molecule has 1 aliphatic rings. The quantitative estimate of drug-likeness (QED) is 0.769. The van der Waals surface area contributed by atoms with Gasteiger partial charge in [-0.2, -0.15) is 0 Å². The highest BCUT2D eigenvalue weighted by molar-refractivity contribution is 7.92. The molecule has 0 aromatic heterocycles. The number of rotatable bonds is 6. The highest BCUT2D eigenvalue weighted by Gasteiger charge is 2.26. The number of hydrogen-bond acceptors (Lipinski definition) is 4. The third-order valence-electron chi connectivity index (χ3n) is 3.87. The van der Waals surface area contributed by atoms with Gasteiger partial charge in [0, 0.05) is 12.6 Å². The van der Waals surface area contributed by atoms with Gasteiger partial charge in [-0.3, -0.25) is 4.79 Å². The molecule has 1 saturated carbocycles. The van der Waals surface area contributed by atoms with Crippen LogP contribution in [0.1, 0.15) is 46.0 Å². The standard InChI is InChI=1S/C13H26N2O3S.ClH/c1-10(2)19(17,18)9-13(16)15-12(8-14)11-6-4-3-5-7-11;/h10-12H,3-9,14H2,1-2H3,(H,15,16);1H. The lowest BCUT2D eigenvalue weighted by Gasteiger charge is -2.30. The lowest BCUT2D eigenvalue weighted by Crippen LogP contribution is -2.48. The second-order valence-electron chi connectivity index (χ2n) is 5.66. The van der Waals surface area contributed by atoms with Crippen molar-refractivity contribution in [1.82, 2.24) is 5.32 Å². The molecular formula is C13H27ClN2O3S. The number of sulfone groups is 1. The average Bonchev–Trinajstić information content (AvgIpc) is 2.36. The molecule has 0 aromatic rings. The van der Waals surface area contributed by atoms with Gasteiger partial charge in [0.05, 0.1) is 5.25 Å². The molecule has 0 heterocycles. The Labute approximate surface area is 128 Å². The van der Waals surface area contributed by atoms with Gasteiger partial charge in [0.15, 0.2) is 9.84 Å². The predicted octanol–water partition coefficient (Wildman–Crippen LogP) is 1.26. The summed E-state index contributed by atoms with van der Waals surface area (Å²) in [4.78, 5) is 11.8. The fourth-order valence-corrected chi connectivity index (χ4v) is 3.29. The molecule has 3 N–H and O–H groups in total. The number of nitrogens with one attached hydrogen (secondary N) is 1. The van der Waals surface area contributed by atoms with E-state index in [1.54, 1.807) is 13.8 Å². The maximum absolute atomic E-state index is 11.8. The van der Waals surface area contributed by atoms with E-state index in [1.165, 1.54) is 19.3 Å². The Morgan fingerprint density at radius 1 is 1.25 bits per heavy atom. The average molecular weight is 327 g/mol. The number of carbonyl (C=O) groups excluding carboxylic acids is 1. The third kappa shape index (κ3) is 5.97. The normalized spacial score (nSPS) is 18.4. The van der Waals surface area contributed by atoms with Crippen LogP contribution in [0.4, 0.5) is 0 Å². The minimum Gasteiger partial charge on any atom is -0.351 e. The van der Waals surface area contributed by atoms with E-state index in [4.69, 9.17) is 5.73 Å². The molecule has 0 saturated heterocycles. The molecule has 120 valence electrons. The molecule has 20 heavy (non-hydrogen) atoms. The molecule has 1 rings (SSSR count). The number of carbonyl (C=O) groups is 1. The van der Waals surface area contributed by atoms with Crippen LogP contribution >= 0.6 is 12.4 Å². The Balaban J connectivity index is 0.00000361. The van der Waals surface area contributed by atoms with Gasteiger partial charge in [-0.15, -0.1) is 12.4 Å². The van der Waals surface area contributed by atoms with Crippen molar-refractivity contribution >= 4 is 28.2 Å². The molecule has 1 amide bonds. The minimum atomic E-state index is -3.33. The molecule has 1 atom stereocenters. The number of nitrogens with two attached hydrogens (primary N) is 1. The predicted molar refractivity (Wildman–Crippen MR) is 83.7 cm³/mol. The van der Waals surface area contributed by atoms with Gasteiger partial charge >= 0.3 is 0 Å². The van der Waals surface area contributed by atoms with Crippen molar-refractivity contribution in [2.75, 3.05) is 12.3 Å².